The van der Waals surface area contributed by atoms with Crippen LogP contribution in [0.2, 0.25) is 0 Å². The molecule has 0 amide bonds. The fourth-order valence-corrected chi connectivity index (χ4v) is 1.36. The average molecular weight is 272 g/mol. The van der Waals surface area contributed by atoms with Crippen LogP contribution in [0.5, 0.6) is 0 Å². The summed E-state index contributed by atoms with van der Waals surface area (Å²) in [5, 5.41) is 0. The molecule has 0 saturated heterocycles. The first kappa shape index (κ1) is 18.1. The smallest absolute Gasteiger partial charge is 0.330 e. The van der Waals surface area contributed by atoms with E-state index in [9.17, 15) is 4.79 Å². The third-order valence-electron chi connectivity index (χ3n) is 2.49. The quantitative estimate of drug-likeness (QED) is 0.311. The van der Waals surface area contributed by atoms with Gasteiger partial charge in [-0.2, -0.15) is 0 Å². The predicted octanol–water partition coefficient (Wildman–Crippen LogP) is 3.11. The van der Waals surface area contributed by atoms with Gasteiger partial charge in [-0.05, 0) is 25.8 Å². The third kappa shape index (κ3) is 11.9. The van der Waals surface area contributed by atoms with Crippen LogP contribution in [0.3, 0.4) is 0 Å². The molecule has 0 aliphatic carbocycles. The zero-order valence-corrected chi connectivity index (χ0v) is 12.5. The number of carbonyl (C=O) groups is 1. The summed E-state index contributed by atoms with van der Waals surface area (Å²) >= 11 is 0. The van der Waals surface area contributed by atoms with Crippen LogP contribution in [-0.4, -0.2) is 38.5 Å². The molecule has 0 spiro atoms. The number of rotatable bonds is 12. The number of esters is 1. The van der Waals surface area contributed by atoms with Crippen LogP contribution in [0.15, 0.2) is 12.2 Å². The molecule has 0 aliphatic rings. The summed E-state index contributed by atoms with van der Waals surface area (Å²) in [5.74, 6) is -0.333. The van der Waals surface area contributed by atoms with Gasteiger partial charge < -0.3 is 14.2 Å². The van der Waals surface area contributed by atoms with Crippen LogP contribution in [0.25, 0.3) is 0 Å². The first-order valence-corrected chi connectivity index (χ1v) is 7.28. The molecule has 0 fully saturated rings. The van der Waals surface area contributed by atoms with Gasteiger partial charge in [0, 0.05) is 19.3 Å². The lowest BCUT2D eigenvalue weighted by molar-refractivity contribution is -0.137. The van der Waals surface area contributed by atoms with Crippen molar-refractivity contribution in [2.45, 2.75) is 52.6 Å². The summed E-state index contributed by atoms with van der Waals surface area (Å²) in [5.41, 5.74) is 0. The van der Waals surface area contributed by atoms with E-state index in [1.807, 2.05) is 0 Å². The Morgan fingerprint density at radius 2 is 1.79 bits per heavy atom. The van der Waals surface area contributed by atoms with E-state index in [1.54, 1.807) is 13.0 Å². The van der Waals surface area contributed by atoms with E-state index < -0.39 is 0 Å². The molecule has 112 valence electrons. The van der Waals surface area contributed by atoms with Gasteiger partial charge in [0.25, 0.3) is 0 Å². The number of carbonyl (C=O) groups excluding carboxylic acids is 1. The Morgan fingerprint density at radius 3 is 2.42 bits per heavy atom. The fraction of sp³-hybridized carbons (Fsp3) is 0.800. The topological polar surface area (TPSA) is 44.8 Å². The maximum Gasteiger partial charge on any atom is 0.330 e. The van der Waals surface area contributed by atoms with Gasteiger partial charge in [-0.3, -0.25) is 0 Å². The van der Waals surface area contributed by atoms with Crippen molar-refractivity contribution in [1.82, 2.24) is 0 Å². The van der Waals surface area contributed by atoms with Crippen molar-refractivity contribution < 1.29 is 19.0 Å². The summed E-state index contributed by atoms with van der Waals surface area (Å²) < 4.78 is 16.0. The molecule has 0 aromatic heterocycles. The lowest BCUT2D eigenvalue weighted by Crippen LogP contribution is -2.19. The largest absolute Gasteiger partial charge is 0.463 e. The maximum absolute atomic E-state index is 11.2. The molecule has 0 aromatic rings. The van der Waals surface area contributed by atoms with Gasteiger partial charge >= 0.3 is 5.97 Å². The SMILES string of the molecule is CCCCOC[C@@H](/C=C/C(=O)OCC)OCCCC. The van der Waals surface area contributed by atoms with Crippen molar-refractivity contribution in [2.24, 2.45) is 0 Å². The summed E-state index contributed by atoms with van der Waals surface area (Å²) in [4.78, 5) is 11.2. The molecule has 0 heterocycles. The lowest BCUT2D eigenvalue weighted by atomic mass is 10.3. The number of hydrogen-bond donors (Lipinski definition) is 0. The Morgan fingerprint density at radius 1 is 1.11 bits per heavy atom. The molecular weight excluding hydrogens is 244 g/mol. The summed E-state index contributed by atoms with van der Waals surface area (Å²) in [7, 11) is 0. The molecule has 0 aromatic carbocycles. The Bertz CT molecular complexity index is 238. The van der Waals surface area contributed by atoms with Gasteiger partial charge in [0.1, 0.15) is 0 Å². The first-order valence-electron chi connectivity index (χ1n) is 7.28. The van der Waals surface area contributed by atoms with Gasteiger partial charge in [0.2, 0.25) is 0 Å². The highest BCUT2D eigenvalue weighted by Gasteiger charge is 2.06. The number of hydrogen-bond acceptors (Lipinski definition) is 4. The second-order valence-corrected chi connectivity index (χ2v) is 4.30. The van der Waals surface area contributed by atoms with E-state index in [4.69, 9.17) is 14.2 Å². The fourth-order valence-electron chi connectivity index (χ4n) is 1.36. The molecule has 0 bridgehead atoms. The highest BCUT2D eigenvalue weighted by molar-refractivity contribution is 5.81. The molecule has 1 atom stereocenters. The van der Waals surface area contributed by atoms with Gasteiger partial charge in [0.05, 0.1) is 19.3 Å². The summed E-state index contributed by atoms with van der Waals surface area (Å²) in [6.45, 7) is 8.32. The molecule has 4 heteroatoms. The molecule has 0 saturated carbocycles. The molecular formula is C15H28O4. The van der Waals surface area contributed by atoms with E-state index >= 15 is 0 Å². The van der Waals surface area contributed by atoms with Gasteiger partial charge in [-0.15, -0.1) is 0 Å². The van der Waals surface area contributed by atoms with Gasteiger partial charge in [0.15, 0.2) is 0 Å². The molecule has 0 aliphatic heterocycles. The van der Waals surface area contributed by atoms with E-state index in [1.165, 1.54) is 6.08 Å². The highest BCUT2D eigenvalue weighted by Crippen LogP contribution is 2.01. The Hall–Kier alpha value is -0.870. The third-order valence-corrected chi connectivity index (χ3v) is 2.49. The zero-order chi connectivity index (χ0) is 14.3. The second kappa shape index (κ2) is 13.6. The first-order chi connectivity index (χ1) is 9.24. The van der Waals surface area contributed by atoms with Crippen LogP contribution < -0.4 is 0 Å². The standard InChI is InChI=1S/C15H28O4/c1-4-7-11-17-13-14(19-12-8-5-2)9-10-15(16)18-6-3/h9-10,14H,4-8,11-13H2,1-3H3/b10-9+/t14-/m1/s1. The van der Waals surface area contributed by atoms with Crippen molar-refractivity contribution in [2.75, 3.05) is 26.4 Å². The highest BCUT2D eigenvalue weighted by atomic mass is 16.5. The van der Waals surface area contributed by atoms with Crippen LogP contribution in [-0.2, 0) is 19.0 Å². The van der Waals surface area contributed by atoms with E-state index in [2.05, 4.69) is 13.8 Å². The maximum atomic E-state index is 11.2. The molecule has 19 heavy (non-hydrogen) atoms. The van der Waals surface area contributed by atoms with E-state index in [-0.39, 0.29) is 12.1 Å². The van der Waals surface area contributed by atoms with Crippen LogP contribution in [0, 0.1) is 0 Å². The minimum absolute atomic E-state index is 0.173. The van der Waals surface area contributed by atoms with E-state index in [0.717, 1.165) is 32.3 Å². The van der Waals surface area contributed by atoms with Gasteiger partial charge in [-0.25, -0.2) is 4.79 Å². The van der Waals surface area contributed by atoms with Crippen LogP contribution in [0.1, 0.15) is 46.5 Å². The van der Waals surface area contributed by atoms with Gasteiger partial charge in [-0.1, -0.05) is 26.7 Å². The Balaban J connectivity index is 4.04. The molecule has 0 radical (unpaired) electrons. The molecule has 0 N–H and O–H groups in total. The van der Waals surface area contributed by atoms with Crippen molar-refractivity contribution in [1.29, 1.82) is 0 Å². The van der Waals surface area contributed by atoms with Crippen LogP contribution in [0.4, 0.5) is 0 Å². The second-order valence-electron chi connectivity index (χ2n) is 4.30. The van der Waals surface area contributed by atoms with Crippen LogP contribution >= 0.6 is 0 Å². The van der Waals surface area contributed by atoms with Crippen molar-refractivity contribution in [3.63, 3.8) is 0 Å². The zero-order valence-electron chi connectivity index (χ0n) is 12.5. The molecule has 4 nitrogen and oxygen atoms in total. The van der Waals surface area contributed by atoms with Crippen molar-refractivity contribution in [3.05, 3.63) is 12.2 Å². The predicted molar refractivity (Wildman–Crippen MR) is 76.1 cm³/mol. The van der Waals surface area contributed by atoms with Crippen molar-refractivity contribution in [3.8, 4) is 0 Å². The number of unbranched alkanes of at least 4 members (excludes halogenated alkanes) is 2. The average Bonchev–Trinajstić information content (AvgIpc) is 2.40. The minimum Gasteiger partial charge on any atom is -0.463 e. The Kier molecular flexibility index (Phi) is 12.9. The summed E-state index contributed by atoms with van der Waals surface area (Å²) in [6.07, 6.45) is 7.23. The molecule has 0 unspecified atom stereocenters. The van der Waals surface area contributed by atoms with Crippen molar-refractivity contribution >= 4 is 5.97 Å². The summed E-state index contributed by atoms with van der Waals surface area (Å²) in [6, 6.07) is 0. The minimum atomic E-state index is -0.333. The monoisotopic (exact) mass is 272 g/mol. The molecule has 0 rings (SSSR count). The van der Waals surface area contributed by atoms with E-state index in [0.29, 0.717) is 19.8 Å². The normalized spacial score (nSPS) is 12.8. The lowest BCUT2D eigenvalue weighted by Gasteiger charge is -2.14. The Labute approximate surface area is 117 Å². The number of ether oxygens (including phenoxy) is 3.